The van der Waals surface area contributed by atoms with Gasteiger partial charge in [-0.05, 0) is 26.0 Å². The number of aryl methyl sites for hydroxylation is 1. The van der Waals surface area contributed by atoms with E-state index in [9.17, 15) is 0 Å². The van der Waals surface area contributed by atoms with Crippen LogP contribution in [0.15, 0.2) is 40.9 Å². The smallest absolute Gasteiger partial charge is 0.232 e. The fourth-order valence-corrected chi connectivity index (χ4v) is 2.88. The molecule has 3 N–H and O–H groups in total. The Morgan fingerprint density at radius 3 is 2.71 bits per heavy atom. The van der Waals surface area contributed by atoms with Gasteiger partial charge in [0.1, 0.15) is 11.6 Å². The highest BCUT2D eigenvalue weighted by Crippen LogP contribution is 2.29. The van der Waals surface area contributed by atoms with E-state index < -0.39 is 0 Å². The van der Waals surface area contributed by atoms with Gasteiger partial charge in [0.15, 0.2) is 0 Å². The molecule has 1 aromatic carbocycles. The largest absolute Gasteiger partial charge is 0.368 e. The minimum atomic E-state index is 0.0450. The van der Waals surface area contributed by atoms with E-state index in [1.807, 2.05) is 50.2 Å². The lowest BCUT2D eigenvalue weighted by molar-refractivity contribution is 0.393. The Morgan fingerprint density at radius 1 is 1.21 bits per heavy atom. The van der Waals surface area contributed by atoms with Crippen LogP contribution in [0.5, 0.6) is 0 Å². The Bertz CT molecular complexity index is 807. The molecule has 3 rings (SSSR count). The molecule has 0 saturated heterocycles. The first-order chi connectivity index (χ1) is 11.6. The zero-order valence-corrected chi connectivity index (χ0v) is 14.2. The lowest BCUT2D eigenvalue weighted by Gasteiger charge is -2.11. The highest BCUT2D eigenvalue weighted by molar-refractivity contribution is 7.98. The summed E-state index contributed by atoms with van der Waals surface area (Å²) in [6, 6.07) is 11.6. The highest BCUT2D eigenvalue weighted by atomic mass is 32.2. The summed E-state index contributed by atoms with van der Waals surface area (Å²) in [5.74, 6) is 2.78. The first kappa shape index (κ1) is 16.3. The quantitative estimate of drug-likeness (QED) is 0.702. The number of anilines is 3. The zero-order valence-electron chi connectivity index (χ0n) is 13.4. The number of hydrogen-bond acceptors (Lipinski definition) is 8. The number of aromatic nitrogens is 4. The van der Waals surface area contributed by atoms with Crippen LogP contribution in [0.25, 0.3) is 0 Å². The van der Waals surface area contributed by atoms with E-state index in [0.29, 0.717) is 17.5 Å². The lowest BCUT2D eigenvalue weighted by Crippen LogP contribution is -2.08. The second-order valence-electron chi connectivity index (χ2n) is 5.25. The summed E-state index contributed by atoms with van der Waals surface area (Å²) in [4.78, 5) is 12.9. The molecule has 2 aromatic heterocycles. The number of nitrogen functional groups attached to an aromatic ring is 1. The van der Waals surface area contributed by atoms with Gasteiger partial charge in [-0.3, -0.25) is 0 Å². The topological polar surface area (TPSA) is 103 Å². The molecule has 3 aromatic rings. The average molecular weight is 342 g/mol. The molecule has 8 heteroatoms. The summed E-state index contributed by atoms with van der Waals surface area (Å²) in [6.45, 7) is 3.90. The minimum Gasteiger partial charge on any atom is -0.368 e. The van der Waals surface area contributed by atoms with Gasteiger partial charge in [-0.15, -0.1) is 11.8 Å². The van der Waals surface area contributed by atoms with E-state index in [1.54, 1.807) is 11.8 Å². The van der Waals surface area contributed by atoms with Crippen LogP contribution in [0.1, 0.15) is 29.5 Å². The molecule has 0 saturated carbocycles. The van der Waals surface area contributed by atoms with Gasteiger partial charge in [-0.2, -0.15) is 15.0 Å². The summed E-state index contributed by atoms with van der Waals surface area (Å²) in [5.41, 5.74) is 7.62. The number of nitrogens with one attached hydrogen (secondary N) is 1. The fraction of sp³-hybridized carbons (Fsp3) is 0.250. The Balaban J connectivity index is 1.70. The second kappa shape index (κ2) is 7.31. The van der Waals surface area contributed by atoms with Crippen molar-refractivity contribution < 1.29 is 4.52 Å². The first-order valence-corrected chi connectivity index (χ1v) is 8.52. The van der Waals surface area contributed by atoms with Crippen LogP contribution < -0.4 is 11.1 Å². The Morgan fingerprint density at radius 2 is 2.00 bits per heavy atom. The highest BCUT2D eigenvalue weighted by Gasteiger charge is 2.14. The fourth-order valence-electron chi connectivity index (χ4n) is 2.07. The normalized spacial score (nSPS) is 12.1. The summed E-state index contributed by atoms with van der Waals surface area (Å²) in [7, 11) is 0. The van der Waals surface area contributed by atoms with E-state index in [-0.39, 0.29) is 11.2 Å². The van der Waals surface area contributed by atoms with E-state index in [2.05, 4.69) is 25.4 Å². The molecule has 24 heavy (non-hydrogen) atoms. The number of nitrogens with two attached hydrogens (primary N) is 1. The summed E-state index contributed by atoms with van der Waals surface area (Å²) in [6.07, 6.45) is 0. The third-order valence-corrected chi connectivity index (χ3v) is 4.39. The Kier molecular flexibility index (Phi) is 4.95. The van der Waals surface area contributed by atoms with E-state index in [0.717, 1.165) is 17.1 Å². The Labute approximate surface area is 144 Å². The van der Waals surface area contributed by atoms with Crippen molar-refractivity contribution in [2.75, 3.05) is 11.1 Å². The molecular weight excluding hydrogens is 324 g/mol. The number of nitrogens with zero attached hydrogens (tertiary/aromatic N) is 4. The molecule has 0 radical (unpaired) electrons. The number of benzene rings is 1. The van der Waals surface area contributed by atoms with Gasteiger partial charge in [0.25, 0.3) is 0 Å². The van der Waals surface area contributed by atoms with Crippen LogP contribution in [-0.2, 0) is 5.75 Å². The number of rotatable bonds is 6. The maximum Gasteiger partial charge on any atom is 0.232 e. The van der Waals surface area contributed by atoms with Gasteiger partial charge < -0.3 is 15.6 Å². The monoisotopic (exact) mass is 342 g/mol. The molecule has 0 amide bonds. The molecule has 0 fully saturated rings. The van der Waals surface area contributed by atoms with Crippen LogP contribution in [-0.4, -0.2) is 20.1 Å². The summed E-state index contributed by atoms with van der Waals surface area (Å²) >= 11 is 1.66. The lowest BCUT2D eigenvalue weighted by atomic mass is 10.3. The van der Waals surface area contributed by atoms with Crippen molar-refractivity contribution in [1.29, 1.82) is 0 Å². The van der Waals surface area contributed by atoms with Gasteiger partial charge in [-0.1, -0.05) is 23.4 Å². The molecule has 0 bridgehead atoms. The van der Waals surface area contributed by atoms with Crippen molar-refractivity contribution in [3.8, 4) is 0 Å². The van der Waals surface area contributed by atoms with Gasteiger partial charge in [0.2, 0.25) is 11.9 Å². The van der Waals surface area contributed by atoms with Crippen molar-refractivity contribution in [2.24, 2.45) is 0 Å². The SMILES string of the molecule is Cc1cc(CSC(C)c2nc(N)nc(Nc3ccccc3)n2)no1. The zero-order chi connectivity index (χ0) is 16.9. The van der Waals surface area contributed by atoms with Crippen molar-refractivity contribution >= 4 is 29.3 Å². The Hall–Kier alpha value is -2.61. The van der Waals surface area contributed by atoms with Crippen molar-refractivity contribution in [3.05, 3.63) is 53.7 Å². The number of thioether (sulfide) groups is 1. The molecular formula is C16H18N6OS. The third kappa shape index (κ3) is 4.23. The van der Waals surface area contributed by atoms with Gasteiger partial charge in [0, 0.05) is 17.5 Å². The molecule has 1 atom stereocenters. The number of para-hydroxylation sites is 1. The van der Waals surface area contributed by atoms with E-state index in [1.165, 1.54) is 0 Å². The summed E-state index contributed by atoms with van der Waals surface area (Å²) in [5, 5.41) is 7.17. The molecule has 0 aliphatic rings. The third-order valence-electron chi connectivity index (χ3n) is 3.22. The molecule has 0 aliphatic carbocycles. The van der Waals surface area contributed by atoms with Gasteiger partial charge in [-0.25, -0.2) is 0 Å². The van der Waals surface area contributed by atoms with Crippen LogP contribution in [0, 0.1) is 6.92 Å². The molecule has 0 spiro atoms. The average Bonchev–Trinajstić information content (AvgIpc) is 2.98. The second-order valence-corrected chi connectivity index (χ2v) is 6.58. The molecule has 2 heterocycles. The molecule has 1 unspecified atom stereocenters. The molecule has 0 aliphatic heterocycles. The van der Waals surface area contributed by atoms with E-state index >= 15 is 0 Å². The maximum atomic E-state index is 5.82. The molecule has 124 valence electrons. The van der Waals surface area contributed by atoms with Crippen LogP contribution in [0.3, 0.4) is 0 Å². The first-order valence-electron chi connectivity index (χ1n) is 7.47. The van der Waals surface area contributed by atoms with Crippen molar-refractivity contribution in [3.63, 3.8) is 0 Å². The standard InChI is InChI=1S/C16H18N6OS/c1-10-8-13(22-23-10)9-24-11(2)14-19-15(17)21-16(20-14)18-12-6-4-3-5-7-12/h3-8,11H,9H2,1-2H3,(H3,17,18,19,20,21). The predicted molar refractivity (Wildman–Crippen MR) is 94.9 cm³/mol. The van der Waals surface area contributed by atoms with E-state index in [4.69, 9.17) is 10.3 Å². The summed E-state index contributed by atoms with van der Waals surface area (Å²) < 4.78 is 5.07. The van der Waals surface area contributed by atoms with Crippen LogP contribution in [0.2, 0.25) is 0 Å². The minimum absolute atomic E-state index is 0.0450. The van der Waals surface area contributed by atoms with Gasteiger partial charge >= 0.3 is 0 Å². The van der Waals surface area contributed by atoms with Crippen molar-refractivity contribution in [1.82, 2.24) is 20.1 Å². The predicted octanol–water partition coefficient (Wildman–Crippen LogP) is 3.49. The molecule has 7 nitrogen and oxygen atoms in total. The van der Waals surface area contributed by atoms with Crippen LogP contribution >= 0.6 is 11.8 Å². The van der Waals surface area contributed by atoms with Gasteiger partial charge in [0.05, 0.1) is 10.9 Å². The maximum absolute atomic E-state index is 5.82. The number of hydrogen-bond donors (Lipinski definition) is 2. The van der Waals surface area contributed by atoms with Crippen molar-refractivity contribution in [2.45, 2.75) is 24.9 Å². The van der Waals surface area contributed by atoms with Crippen LogP contribution in [0.4, 0.5) is 17.6 Å².